The van der Waals surface area contributed by atoms with Gasteiger partial charge in [-0.1, -0.05) is 24.3 Å². The Balaban J connectivity index is 2.01. The number of aromatic amines is 1. The molecule has 0 saturated heterocycles. The Morgan fingerprint density at radius 2 is 1.49 bits per heavy atom. The highest BCUT2D eigenvalue weighted by Crippen LogP contribution is 2.47. The van der Waals surface area contributed by atoms with Crippen LogP contribution < -0.4 is 5.73 Å². The maximum atomic E-state index is 12.8. The zero-order chi connectivity index (χ0) is 25.3. The largest absolute Gasteiger partial charge is 0.345 e. The maximum absolute atomic E-state index is 12.8. The van der Waals surface area contributed by atoms with E-state index in [1.807, 2.05) is 36.4 Å². The molecule has 2 aromatic carbocycles. The van der Waals surface area contributed by atoms with E-state index in [4.69, 9.17) is 5.73 Å². The summed E-state index contributed by atoms with van der Waals surface area (Å²) in [5.41, 5.74) is 11.2. The monoisotopic (exact) mass is 475 g/mol. The lowest BCUT2D eigenvalue weighted by Crippen LogP contribution is -2.39. The molecule has 35 heavy (non-hydrogen) atoms. The second-order valence-electron chi connectivity index (χ2n) is 9.66. The number of fused-ring (bicyclic) bond motifs is 2. The van der Waals surface area contributed by atoms with Gasteiger partial charge in [0.15, 0.2) is 5.82 Å². The van der Waals surface area contributed by atoms with E-state index in [1.54, 1.807) is 38.0 Å². The minimum atomic E-state index is -0.775. The lowest BCUT2D eigenvalue weighted by Gasteiger charge is -2.36. The molecule has 3 aromatic rings. The molecule has 0 spiro atoms. The molecule has 1 heterocycles. The predicted molar refractivity (Wildman–Crippen MR) is 133 cm³/mol. The molecule has 184 valence electrons. The van der Waals surface area contributed by atoms with E-state index in [0.717, 1.165) is 28.7 Å². The van der Waals surface area contributed by atoms with Crippen molar-refractivity contribution in [1.82, 2.24) is 30.4 Å². The Hall–Kier alpha value is -3.59. The smallest absolute Gasteiger partial charge is 0.253 e. The summed E-state index contributed by atoms with van der Waals surface area (Å²) in [4.78, 5) is 28.7. The van der Waals surface area contributed by atoms with Crippen LogP contribution in [0.4, 0.5) is 0 Å². The third-order valence-electron chi connectivity index (χ3n) is 6.92. The SMILES string of the molecule is CC[C@H](N)CC1(c2nn[nH]n2)c2ccc(C(=O)N(C)C)cc2CCc2cc(C(=O)N(C)C)ccc21. The first-order valence-corrected chi connectivity index (χ1v) is 11.9. The molecule has 0 aliphatic heterocycles. The van der Waals surface area contributed by atoms with Gasteiger partial charge in [0.2, 0.25) is 0 Å². The fourth-order valence-corrected chi connectivity index (χ4v) is 5.06. The minimum Gasteiger partial charge on any atom is -0.345 e. The number of rotatable bonds is 6. The van der Waals surface area contributed by atoms with Gasteiger partial charge in [-0.3, -0.25) is 9.59 Å². The fourth-order valence-electron chi connectivity index (χ4n) is 5.06. The average Bonchev–Trinajstić information content (AvgIpc) is 3.36. The average molecular weight is 476 g/mol. The zero-order valence-electron chi connectivity index (χ0n) is 21.0. The van der Waals surface area contributed by atoms with Crippen molar-refractivity contribution in [2.24, 2.45) is 5.73 Å². The number of benzene rings is 2. The van der Waals surface area contributed by atoms with E-state index < -0.39 is 5.41 Å². The lowest BCUT2D eigenvalue weighted by molar-refractivity contribution is 0.0820. The molecular weight excluding hydrogens is 442 g/mol. The number of aryl methyl sites for hydroxylation is 2. The fraction of sp³-hybridized carbons (Fsp3) is 0.423. The van der Waals surface area contributed by atoms with Crippen LogP contribution in [0, 0.1) is 0 Å². The summed E-state index contributed by atoms with van der Waals surface area (Å²) in [7, 11) is 6.99. The quantitative estimate of drug-likeness (QED) is 0.564. The molecule has 1 aliphatic carbocycles. The van der Waals surface area contributed by atoms with Crippen molar-refractivity contribution in [2.45, 2.75) is 44.1 Å². The molecule has 4 rings (SSSR count). The Morgan fingerprint density at radius 1 is 0.971 bits per heavy atom. The molecule has 9 nitrogen and oxygen atoms in total. The summed E-state index contributed by atoms with van der Waals surface area (Å²) in [6.45, 7) is 2.06. The molecule has 0 saturated carbocycles. The molecule has 0 bridgehead atoms. The molecule has 2 amide bonds. The zero-order valence-corrected chi connectivity index (χ0v) is 21.0. The first-order valence-electron chi connectivity index (χ1n) is 11.9. The van der Waals surface area contributed by atoms with Crippen LogP contribution in [-0.4, -0.2) is 76.5 Å². The van der Waals surface area contributed by atoms with Gasteiger partial charge in [0.25, 0.3) is 11.8 Å². The Morgan fingerprint density at radius 3 is 1.89 bits per heavy atom. The van der Waals surface area contributed by atoms with Gasteiger partial charge in [0, 0.05) is 45.4 Å². The van der Waals surface area contributed by atoms with Crippen LogP contribution in [0.5, 0.6) is 0 Å². The number of hydrogen-bond acceptors (Lipinski definition) is 6. The Bertz CT molecular complexity index is 1160. The van der Waals surface area contributed by atoms with Crippen LogP contribution in [0.15, 0.2) is 36.4 Å². The van der Waals surface area contributed by atoms with Crippen molar-refractivity contribution in [3.05, 3.63) is 75.6 Å². The molecule has 0 radical (unpaired) electrons. The summed E-state index contributed by atoms with van der Waals surface area (Å²) in [5, 5.41) is 15.4. The summed E-state index contributed by atoms with van der Waals surface area (Å²) in [6, 6.07) is 11.6. The molecule has 1 aliphatic rings. The van der Waals surface area contributed by atoms with Crippen LogP contribution in [-0.2, 0) is 18.3 Å². The van der Waals surface area contributed by atoms with E-state index >= 15 is 0 Å². The van der Waals surface area contributed by atoms with Gasteiger partial charge in [0.1, 0.15) is 0 Å². The van der Waals surface area contributed by atoms with Gasteiger partial charge in [-0.25, -0.2) is 0 Å². The van der Waals surface area contributed by atoms with E-state index in [9.17, 15) is 9.59 Å². The van der Waals surface area contributed by atoms with Crippen molar-refractivity contribution < 1.29 is 9.59 Å². The number of amides is 2. The van der Waals surface area contributed by atoms with Gasteiger partial charge < -0.3 is 15.5 Å². The Kier molecular flexibility index (Phi) is 6.71. The molecular formula is C26H33N7O2. The number of nitrogens with zero attached hydrogens (tertiary/aromatic N) is 5. The van der Waals surface area contributed by atoms with Crippen LogP contribution >= 0.6 is 0 Å². The third-order valence-corrected chi connectivity index (χ3v) is 6.92. The van der Waals surface area contributed by atoms with Crippen molar-refractivity contribution >= 4 is 11.8 Å². The molecule has 9 heteroatoms. The van der Waals surface area contributed by atoms with Crippen molar-refractivity contribution in [3.63, 3.8) is 0 Å². The van der Waals surface area contributed by atoms with Crippen LogP contribution in [0.3, 0.4) is 0 Å². The van der Waals surface area contributed by atoms with Gasteiger partial charge in [-0.2, -0.15) is 5.21 Å². The predicted octanol–water partition coefficient (Wildman–Crippen LogP) is 2.16. The van der Waals surface area contributed by atoms with Gasteiger partial charge >= 0.3 is 0 Å². The van der Waals surface area contributed by atoms with Crippen molar-refractivity contribution in [2.75, 3.05) is 28.2 Å². The van der Waals surface area contributed by atoms with E-state index in [2.05, 4.69) is 27.5 Å². The molecule has 0 unspecified atom stereocenters. The standard InChI is InChI=1S/C26H33N7O2/c1-6-20(27)15-26(25-28-30-31-29-25)21-11-9-18(23(34)32(2)3)13-16(21)7-8-17-14-19(10-12-22(17)26)24(35)33(4)5/h9-14,20H,6-8,15,27H2,1-5H3,(H,28,29,30,31)/t20-/m0/s1. The maximum Gasteiger partial charge on any atom is 0.253 e. The summed E-state index contributed by atoms with van der Waals surface area (Å²) in [5.74, 6) is 0.428. The number of nitrogens with one attached hydrogen (secondary N) is 1. The van der Waals surface area contributed by atoms with Crippen LogP contribution in [0.1, 0.15) is 68.6 Å². The van der Waals surface area contributed by atoms with Gasteiger partial charge in [-0.05, 0) is 72.2 Å². The summed E-state index contributed by atoms with van der Waals surface area (Å²) >= 11 is 0. The number of carbonyl (C=O) groups excluding carboxylic acids is 2. The van der Waals surface area contributed by atoms with Crippen LogP contribution in [0.2, 0.25) is 0 Å². The highest BCUT2D eigenvalue weighted by molar-refractivity contribution is 5.95. The number of aromatic nitrogens is 4. The second kappa shape index (κ2) is 9.58. The van der Waals surface area contributed by atoms with E-state index in [0.29, 0.717) is 36.2 Å². The first-order chi connectivity index (χ1) is 16.7. The minimum absolute atomic E-state index is 0.0520. The number of tetrazole rings is 1. The molecule has 1 aromatic heterocycles. The van der Waals surface area contributed by atoms with Gasteiger partial charge in [0.05, 0.1) is 5.41 Å². The van der Waals surface area contributed by atoms with Crippen LogP contribution in [0.25, 0.3) is 0 Å². The second-order valence-corrected chi connectivity index (χ2v) is 9.66. The molecule has 1 atom stereocenters. The lowest BCUT2D eigenvalue weighted by atomic mass is 9.67. The topological polar surface area (TPSA) is 121 Å². The Labute approximate surface area is 205 Å². The van der Waals surface area contributed by atoms with E-state index in [1.165, 1.54) is 0 Å². The van der Waals surface area contributed by atoms with Gasteiger partial charge in [-0.15, -0.1) is 10.2 Å². The highest BCUT2D eigenvalue weighted by Gasteiger charge is 2.45. The molecule has 0 fully saturated rings. The molecule has 3 N–H and O–H groups in total. The number of nitrogens with two attached hydrogens (primary N) is 1. The van der Waals surface area contributed by atoms with Crippen molar-refractivity contribution in [1.29, 1.82) is 0 Å². The third kappa shape index (κ3) is 4.32. The summed E-state index contributed by atoms with van der Waals surface area (Å²) in [6.07, 6.45) is 2.75. The number of carbonyl (C=O) groups is 2. The van der Waals surface area contributed by atoms with Crippen molar-refractivity contribution in [3.8, 4) is 0 Å². The number of H-pyrrole nitrogens is 1. The first kappa shape index (κ1) is 24.5. The van der Waals surface area contributed by atoms with E-state index in [-0.39, 0.29) is 17.9 Å². The number of hydrogen-bond donors (Lipinski definition) is 2. The highest BCUT2D eigenvalue weighted by atomic mass is 16.2. The normalized spacial score (nSPS) is 14.9. The summed E-state index contributed by atoms with van der Waals surface area (Å²) < 4.78 is 0.